The van der Waals surface area contributed by atoms with E-state index in [0.717, 1.165) is 27.8 Å². The van der Waals surface area contributed by atoms with E-state index in [0.29, 0.717) is 5.02 Å². The largest absolute Gasteiger partial charge is 0.363 e. The molecule has 22 heavy (non-hydrogen) atoms. The molecule has 0 radical (unpaired) electrons. The maximum Gasteiger partial charge on any atom is 0.224 e. The van der Waals surface area contributed by atoms with Crippen LogP contribution in [0.5, 0.6) is 0 Å². The molecular weight excluding hydrogens is 317 g/mol. The van der Waals surface area contributed by atoms with Gasteiger partial charge in [-0.15, -0.1) is 0 Å². The molecule has 1 aromatic heterocycles. The van der Waals surface area contributed by atoms with E-state index >= 15 is 0 Å². The summed E-state index contributed by atoms with van der Waals surface area (Å²) < 4.78 is 0. The quantitative estimate of drug-likeness (QED) is 0.651. The highest BCUT2D eigenvalue weighted by atomic mass is 35.5. The zero-order valence-corrected chi connectivity index (χ0v) is 13.8. The minimum absolute atomic E-state index is 0.0494. The summed E-state index contributed by atoms with van der Waals surface area (Å²) in [7, 11) is 0. The lowest BCUT2D eigenvalue weighted by Gasteiger charge is -2.17. The van der Waals surface area contributed by atoms with E-state index in [1.54, 1.807) is 0 Å². The number of fused-ring (bicyclic) bond motifs is 1. The van der Waals surface area contributed by atoms with E-state index in [2.05, 4.69) is 28.3 Å². The van der Waals surface area contributed by atoms with Crippen molar-refractivity contribution < 1.29 is 0 Å². The van der Waals surface area contributed by atoms with Gasteiger partial charge in [-0.3, -0.25) is 0 Å². The van der Waals surface area contributed by atoms with Crippen LogP contribution in [0.15, 0.2) is 42.5 Å². The van der Waals surface area contributed by atoms with Crippen molar-refractivity contribution in [2.75, 3.05) is 5.32 Å². The van der Waals surface area contributed by atoms with Crippen LogP contribution in [0.1, 0.15) is 24.1 Å². The minimum Gasteiger partial charge on any atom is -0.363 e. The van der Waals surface area contributed by atoms with Crippen LogP contribution in [-0.4, -0.2) is 9.97 Å². The monoisotopic (exact) mass is 331 g/mol. The van der Waals surface area contributed by atoms with Crippen molar-refractivity contribution in [2.24, 2.45) is 0 Å². The molecule has 0 saturated heterocycles. The third-order valence-corrected chi connectivity index (χ3v) is 3.93. The van der Waals surface area contributed by atoms with Gasteiger partial charge >= 0.3 is 0 Å². The standard InChI is InChI=1S/C17H15Cl2N3/c1-10-6-7-15-14(8-10)16(22-17(19)21-15)20-11(2)12-4-3-5-13(18)9-12/h3-9,11H,1-2H3,(H,20,21,22). The number of nitrogens with zero attached hydrogens (tertiary/aromatic N) is 2. The molecule has 2 aromatic carbocycles. The van der Waals surface area contributed by atoms with E-state index in [9.17, 15) is 0 Å². The van der Waals surface area contributed by atoms with Crippen molar-refractivity contribution in [3.05, 3.63) is 63.9 Å². The van der Waals surface area contributed by atoms with Crippen molar-refractivity contribution in [3.8, 4) is 0 Å². The maximum absolute atomic E-state index is 6.06. The number of anilines is 1. The molecule has 0 bridgehead atoms. The van der Waals surface area contributed by atoms with Crippen molar-refractivity contribution in [1.29, 1.82) is 0 Å². The molecule has 0 saturated carbocycles. The first-order chi connectivity index (χ1) is 10.5. The Morgan fingerprint density at radius 1 is 1.05 bits per heavy atom. The Morgan fingerprint density at radius 3 is 2.64 bits per heavy atom. The van der Waals surface area contributed by atoms with Gasteiger partial charge in [0.25, 0.3) is 0 Å². The summed E-state index contributed by atoms with van der Waals surface area (Å²) in [4.78, 5) is 8.61. The molecule has 1 atom stereocenters. The minimum atomic E-state index is 0.0494. The van der Waals surface area contributed by atoms with Crippen LogP contribution >= 0.6 is 23.2 Å². The first-order valence-electron chi connectivity index (χ1n) is 6.99. The normalized spacial score (nSPS) is 12.4. The number of halogens is 2. The van der Waals surface area contributed by atoms with Crippen LogP contribution in [0, 0.1) is 6.92 Å². The molecule has 0 fully saturated rings. The molecule has 0 aliphatic carbocycles. The Kier molecular flexibility index (Phi) is 4.19. The van der Waals surface area contributed by atoms with Gasteiger partial charge < -0.3 is 5.32 Å². The van der Waals surface area contributed by atoms with E-state index in [1.165, 1.54) is 0 Å². The van der Waals surface area contributed by atoms with Gasteiger partial charge in [-0.25, -0.2) is 9.97 Å². The lowest BCUT2D eigenvalue weighted by atomic mass is 10.1. The zero-order valence-electron chi connectivity index (χ0n) is 12.3. The van der Waals surface area contributed by atoms with Crippen LogP contribution in [-0.2, 0) is 0 Å². The number of nitrogens with one attached hydrogen (secondary N) is 1. The highest BCUT2D eigenvalue weighted by molar-refractivity contribution is 6.30. The van der Waals surface area contributed by atoms with E-state index < -0.39 is 0 Å². The second kappa shape index (κ2) is 6.11. The van der Waals surface area contributed by atoms with Crippen molar-refractivity contribution in [1.82, 2.24) is 9.97 Å². The summed E-state index contributed by atoms with van der Waals surface area (Å²) in [6.45, 7) is 4.10. The van der Waals surface area contributed by atoms with Crippen molar-refractivity contribution >= 4 is 39.9 Å². The number of aromatic nitrogens is 2. The molecule has 3 rings (SSSR count). The van der Waals surface area contributed by atoms with Gasteiger partial charge in [0, 0.05) is 10.4 Å². The summed E-state index contributed by atoms with van der Waals surface area (Å²) in [5.41, 5.74) is 3.06. The Balaban J connectivity index is 2.01. The molecule has 112 valence electrons. The van der Waals surface area contributed by atoms with Crippen molar-refractivity contribution in [2.45, 2.75) is 19.9 Å². The predicted octanol–water partition coefficient (Wildman–Crippen LogP) is 5.42. The second-order valence-electron chi connectivity index (χ2n) is 5.28. The zero-order chi connectivity index (χ0) is 15.7. The average molecular weight is 332 g/mol. The maximum atomic E-state index is 6.06. The van der Waals surface area contributed by atoms with E-state index in [1.807, 2.05) is 43.3 Å². The smallest absolute Gasteiger partial charge is 0.224 e. The highest BCUT2D eigenvalue weighted by Crippen LogP contribution is 2.27. The van der Waals surface area contributed by atoms with Gasteiger partial charge in [0.1, 0.15) is 5.82 Å². The van der Waals surface area contributed by atoms with E-state index in [4.69, 9.17) is 23.2 Å². The topological polar surface area (TPSA) is 37.8 Å². The van der Waals surface area contributed by atoms with Gasteiger partial charge in [0.05, 0.1) is 11.6 Å². The molecule has 0 spiro atoms. The third-order valence-electron chi connectivity index (χ3n) is 3.53. The molecule has 5 heteroatoms. The Labute approximate surface area is 139 Å². The number of aryl methyl sites for hydroxylation is 1. The highest BCUT2D eigenvalue weighted by Gasteiger charge is 2.11. The Morgan fingerprint density at radius 2 is 1.86 bits per heavy atom. The molecule has 1 unspecified atom stereocenters. The molecule has 1 heterocycles. The molecule has 3 nitrogen and oxygen atoms in total. The average Bonchev–Trinajstić information content (AvgIpc) is 2.48. The van der Waals surface area contributed by atoms with E-state index in [-0.39, 0.29) is 11.3 Å². The molecular formula is C17H15Cl2N3. The Bertz CT molecular complexity index is 833. The number of rotatable bonds is 3. The summed E-state index contributed by atoms with van der Waals surface area (Å²) in [5, 5.41) is 5.31. The number of hydrogen-bond donors (Lipinski definition) is 1. The second-order valence-corrected chi connectivity index (χ2v) is 6.06. The van der Waals surface area contributed by atoms with Crippen LogP contribution in [0.3, 0.4) is 0 Å². The van der Waals surface area contributed by atoms with Crippen molar-refractivity contribution in [3.63, 3.8) is 0 Å². The molecule has 0 aliphatic rings. The summed E-state index contributed by atoms with van der Waals surface area (Å²) >= 11 is 12.1. The van der Waals surface area contributed by atoms with Crippen LogP contribution < -0.4 is 5.32 Å². The molecule has 0 aliphatic heterocycles. The fourth-order valence-electron chi connectivity index (χ4n) is 2.39. The van der Waals surface area contributed by atoms with Gasteiger partial charge in [-0.1, -0.05) is 35.4 Å². The summed E-state index contributed by atoms with van der Waals surface area (Å²) in [6.07, 6.45) is 0. The SMILES string of the molecule is Cc1ccc2nc(Cl)nc(NC(C)c3cccc(Cl)c3)c2c1. The Hall–Kier alpha value is -1.84. The van der Waals surface area contributed by atoms with Crippen LogP contribution in [0.25, 0.3) is 10.9 Å². The first-order valence-corrected chi connectivity index (χ1v) is 7.74. The lowest BCUT2D eigenvalue weighted by Crippen LogP contribution is -2.09. The van der Waals surface area contributed by atoms with Gasteiger partial charge in [0.15, 0.2) is 0 Å². The van der Waals surface area contributed by atoms with Gasteiger partial charge in [-0.2, -0.15) is 0 Å². The number of hydrogen-bond acceptors (Lipinski definition) is 3. The lowest BCUT2D eigenvalue weighted by molar-refractivity contribution is 0.876. The fraction of sp³-hybridized carbons (Fsp3) is 0.176. The van der Waals surface area contributed by atoms with Gasteiger partial charge in [0.2, 0.25) is 5.28 Å². The van der Waals surface area contributed by atoms with Gasteiger partial charge in [-0.05, 0) is 55.3 Å². The molecule has 3 aromatic rings. The first kappa shape index (κ1) is 15.1. The predicted molar refractivity (Wildman–Crippen MR) is 92.8 cm³/mol. The van der Waals surface area contributed by atoms with Crippen LogP contribution in [0.2, 0.25) is 10.3 Å². The fourth-order valence-corrected chi connectivity index (χ4v) is 2.76. The molecule has 1 N–H and O–H groups in total. The summed E-state index contributed by atoms with van der Waals surface area (Å²) in [6, 6.07) is 13.8. The number of benzene rings is 2. The third kappa shape index (κ3) is 3.16. The molecule has 0 amide bonds. The summed E-state index contributed by atoms with van der Waals surface area (Å²) in [5.74, 6) is 0.728. The van der Waals surface area contributed by atoms with Crippen LogP contribution in [0.4, 0.5) is 5.82 Å².